The van der Waals surface area contributed by atoms with E-state index in [2.05, 4.69) is 4.98 Å². The number of carbonyl (C=O) groups is 1. The van der Waals surface area contributed by atoms with Gasteiger partial charge in [-0.3, -0.25) is 0 Å². The van der Waals surface area contributed by atoms with Crippen LogP contribution in [0.25, 0.3) is 0 Å². The number of carbonyl (C=O) groups excluding carboxylic acids is 1. The smallest absolute Gasteiger partial charge is 0.456 e. The van der Waals surface area contributed by atoms with E-state index >= 15 is 0 Å². The van der Waals surface area contributed by atoms with Crippen LogP contribution < -0.4 is 5.46 Å². The molecule has 0 fully saturated rings. The van der Waals surface area contributed by atoms with Crippen molar-refractivity contribution in [2.45, 2.75) is 26.4 Å². The maximum atomic E-state index is 12.8. The molecule has 1 rings (SSSR count). The number of pyridine rings is 1. The van der Waals surface area contributed by atoms with E-state index in [1.165, 1.54) is 0 Å². The zero-order valence-corrected chi connectivity index (χ0v) is 9.77. The van der Waals surface area contributed by atoms with Gasteiger partial charge in [0.25, 0.3) is 0 Å². The zero-order chi connectivity index (χ0) is 13.2. The summed E-state index contributed by atoms with van der Waals surface area (Å²) in [4.78, 5) is 15.0. The molecule has 0 atom stereocenters. The topological polar surface area (TPSA) is 79.7 Å². The lowest BCUT2D eigenvalue weighted by Gasteiger charge is -2.20. The lowest BCUT2D eigenvalue weighted by molar-refractivity contribution is 0.00700. The highest BCUT2D eigenvalue weighted by Gasteiger charge is 2.25. The molecule has 0 saturated carbocycles. The molecule has 17 heavy (non-hydrogen) atoms. The van der Waals surface area contributed by atoms with Gasteiger partial charge in [-0.25, -0.2) is 9.78 Å². The number of halogens is 1. The van der Waals surface area contributed by atoms with Gasteiger partial charge in [-0.1, -0.05) is 0 Å². The van der Waals surface area contributed by atoms with Crippen LogP contribution in [0.4, 0.5) is 4.39 Å². The normalized spacial score (nSPS) is 11.2. The third kappa shape index (κ3) is 3.79. The van der Waals surface area contributed by atoms with Crippen molar-refractivity contribution in [1.82, 2.24) is 4.98 Å². The van der Waals surface area contributed by atoms with Gasteiger partial charge in [-0.15, -0.1) is 0 Å². The van der Waals surface area contributed by atoms with Crippen LogP contribution in [0, 0.1) is 5.95 Å². The summed E-state index contributed by atoms with van der Waals surface area (Å²) >= 11 is 0. The summed E-state index contributed by atoms with van der Waals surface area (Å²) in [6, 6.07) is 0.782. The number of aromatic nitrogens is 1. The summed E-state index contributed by atoms with van der Waals surface area (Å²) in [6.45, 7) is 4.99. The van der Waals surface area contributed by atoms with Gasteiger partial charge in [-0.2, -0.15) is 4.39 Å². The number of hydrogen-bond acceptors (Lipinski definition) is 5. The van der Waals surface area contributed by atoms with Crippen molar-refractivity contribution >= 4 is 18.6 Å². The number of esters is 1. The third-order valence-corrected chi connectivity index (χ3v) is 1.80. The molecule has 0 spiro atoms. The predicted octanol–water partition coefficient (Wildman–Crippen LogP) is -0.144. The van der Waals surface area contributed by atoms with Crippen LogP contribution in [-0.4, -0.2) is 33.7 Å². The summed E-state index contributed by atoms with van der Waals surface area (Å²) in [5, 5.41) is 18.1. The average Bonchev–Trinajstić information content (AvgIpc) is 2.14. The molecule has 0 aliphatic heterocycles. The van der Waals surface area contributed by atoms with E-state index in [0.717, 1.165) is 12.3 Å². The average molecular weight is 241 g/mol. The van der Waals surface area contributed by atoms with E-state index in [1.54, 1.807) is 20.8 Å². The highest BCUT2D eigenvalue weighted by Crippen LogP contribution is 2.11. The summed E-state index contributed by atoms with van der Waals surface area (Å²) in [7, 11) is -1.96. The molecule has 92 valence electrons. The van der Waals surface area contributed by atoms with E-state index in [9.17, 15) is 9.18 Å². The first-order valence-electron chi connectivity index (χ1n) is 4.95. The molecule has 1 aromatic heterocycles. The summed E-state index contributed by atoms with van der Waals surface area (Å²) < 4.78 is 17.9. The van der Waals surface area contributed by atoms with Crippen molar-refractivity contribution in [3.8, 4) is 0 Å². The first-order chi connectivity index (χ1) is 7.70. The molecule has 0 bridgehead atoms. The Labute approximate surface area is 98.4 Å². The Hall–Kier alpha value is -1.47. The SMILES string of the molecule is CC(C)(C)OC(=O)c1cnc(F)cc1B(O)O. The Bertz CT molecular complexity index is 431. The van der Waals surface area contributed by atoms with E-state index in [-0.39, 0.29) is 11.0 Å². The fourth-order valence-electron chi connectivity index (χ4n) is 1.16. The molecule has 0 aliphatic carbocycles. The summed E-state index contributed by atoms with van der Waals surface area (Å²) in [6.07, 6.45) is 0.915. The Morgan fingerprint density at radius 2 is 2.06 bits per heavy atom. The van der Waals surface area contributed by atoms with E-state index in [4.69, 9.17) is 14.8 Å². The molecule has 7 heteroatoms. The van der Waals surface area contributed by atoms with Crippen molar-refractivity contribution in [3.05, 3.63) is 23.8 Å². The van der Waals surface area contributed by atoms with Gasteiger partial charge < -0.3 is 14.8 Å². The minimum absolute atomic E-state index is 0.170. The second-order valence-corrected chi connectivity index (χ2v) is 4.47. The zero-order valence-electron chi connectivity index (χ0n) is 9.77. The monoisotopic (exact) mass is 241 g/mol. The molecule has 0 aromatic carbocycles. The van der Waals surface area contributed by atoms with Gasteiger partial charge in [0, 0.05) is 11.7 Å². The van der Waals surface area contributed by atoms with Crippen LogP contribution in [0.15, 0.2) is 12.3 Å². The molecule has 5 nitrogen and oxygen atoms in total. The number of rotatable bonds is 2. The van der Waals surface area contributed by atoms with Crippen LogP contribution in [0.5, 0.6) is 0 Å². The van der Waals surface area contributed by atoms with Crippen LogP contribution in [0.2, 0.25) is 0 Å². The van der Waals surface area contributed by atoms with Crippen LogP contribution in [0.1, 0.15) is 31.1 Å². The lowest BCUT2D eigenvalue weighted by Crippen LogP contribution is -2.37. The molecule has 1 aromatic rings. The largest absolute Gasteiger partial charge is 0.489 e. The van der Waals surface area contributed by atoms with Gasteiger partial charge in [0.1, 0.15) is 5.60 Å². The molecule has 2 N–H and O–H groups in total. The number of ether oxygens (including phenoxy) is 1. The van der Waals surface area contributed by atoms with Crippen LogP contribution in [-0.2, 0) is 4.74 Å². The third-order valence-electron chi connectivity index (χ3n) is 1.80. The molecule has 0 unspecified atom stereocenters. The van der Waals surface area contributed by atoms with Gasteiger partial charge in [0.15, 0.2) is 0 Å². The highest BCUT2D eigenvalue weighted by atomic mass is 19.1. The van der Waals surface area contributed by atoms with Gasteiger partial charge in [-0.05, 0) is 26.8 Å². The Balaban J connectivity index is 3.09. The van der Waals surface area contributed by atoms with Crippen molar-refractivity contribution in [2.24, 2.45) is 0 Å². The molecular formula is C10H13BFNO4. The Morgan fingerprint density at radius 1 is 1.47 bits per heavy atom. The van der Waals surface area contributed by atoms with Crippen molar-refractivity contribution in [1.29, 1.82) is 0 Å². The second kappa shape index (κ2) is 4.81. The van der Waals surface area contributed by atoms with Crippen molar-refractivity contribution in [2.75, 3.05) is 0 Å². The van der Waals surface area contributed by atoms with Crippen LogP contribution in [0.3, 0.4) is 0 Å². The number of nitrogens with zero attached hydrogens (tertiary/aromatic N) is 1. The standard InChI is InChI=1S/C10H13BFNO4/c1-10(2,3)17-9(14)6-5-13-8(12)4-7(6)11(15)16/h4-5,15-16H,1-3H3. The van der Waals surface area contributed by atoms with Gasteiger partial charge in [0.05, 0.1) is 5.56 Å². The molecule has 0 radical (unpaired) electrons. The lowest BCUT2D eigenvalue weighted by atomic mass is 9.78. The minimum Gasteiger partial charge on any atom is -0.456 e. The predicted molar refractivity (Wildman–Crippen MR) is 59.2 cm³/mol. The van der Waals surface area contributed by atoms with Crippen molar-refractivity contribution in [3.63, 3.8) is 0 Å². The molecular weight excluding hydrogens is 228 g/mol. The van der Waals surface area contributed by atoms with Gasteiger partial charge in [0.2, 0.25) is 5.95 Å². The summed E-state index contributed by atoms with van der Waals surface area (Å²) in [5.41, 5.74) is -1.17. The highest BCUT2D eigenvalue weighted by molar-refractivity contribution is 6.60. The molecule has 0 aliphatic rings. The minimum atomic E-state index is -1.96. The van der Waals surface area contributed by atoms with Gasteiger partial charge >= 0.3 is 13.1 Å². The molecule has 0 amide bonds. The second-order valence-electron chi connectivity index (χ2n) is 4.47. The van der Waals surface area contributed by atoms with E-state index < -0.39 is 24.6 Å². The number of hydrogen-bond donors (Lipinski definition) is 2. The van der Waals surface area contributed by atoms with E-state index in [0.29, 0.717) is 0 Å². The molecule has 0 saturated heterocycles. The summed E-state index contributed by atoms with van der Waals surface area (Å²) in [5.74, 6) is -1.69. The maximum Gasteiger partial charge on any atom is 0.489 e. The van der Waals surface area contributed by atoms with E-state index in [1.807, 2.05) is 0 Å². The quantitative estimate of drug-likeness (QED) is 0.427. The first-order valence-corrected chi connectivity index (χ1v) is 4.95. The maximum absolute atomic E-state index is 12.8. The fourth-order valence-corrected chi connectivity index (χ4v) is 1.16. The Morgan fingerprint density at radius 3 is 2.53 bits per heavy atom. The first kappa shape index (κ1) is 13.6. The van der Waals surface area contributed by atoms with Crippen molar-refractivity contribution < 1.29 is 24.0 Å². The Kier molecular flexibility index (Phi) is 3.85. The fraction of sp³-hybridized carbons (Fsp3) is 0.400. The van der Waals surface area contributed by atoms with Crippen LogP contribution >= 0.6 is 0 Å². The molecule has 1 heterocycles.